The molecule has 0 aliphatic rings. The van der Waals surface area contributed by atoms with Gasteiger partial charge in [0.2, 0.25) is 17.8 Å². The molecular formula is C13H26N6O. The molecular weight excluding hydrogens is 256 g/mol. The molecule has 1 aromatic rings. The molecule has 114 valence electrons. The maximum Gasteiger partial charge on any atom is 0.231 e. The van der Waals surface area contributed by atoms with E-state index in [1.807, 2.05) is 41.5 Å². The second-order valence-corrected chi connectivity index (χ2v) is 7.14. The highest BCUT2D eigenvalue weighted by atomic mass is 16.3. The van der Waals surface area contributed by atoms with Crippen LogP contribution in [0.15, 0.2) is 0 Å². The average molecular weight is 282 g/mol. The van der Waals surface area contributed by atoms with Gasteiger partial charge in [0, 0.05) is 5.54 Å². The molecule has 1 heterocycles. The molecule has 5 N–H and O–H groups in total. The Bertz CT molecular complexity index is 449. The van der Waals surface area contributed by atoms with E-state index < -0.39 is 6.23 Å². The van der Waals surface area contributed by atoms with Crippen LogP contribution in [0.2, 0.25) is 0 Å². The van der Waals surface area contributed by atoms with E-state index in [2.05, 4.69) is 25.6 Å². The number of nitrogens with one attached hydrogen (secondary N) is 2. The van der Waals surface area contributed by atoms with Crippen molar-refractivity contribution in [1.82, 2.24) is 15.0 Å². The van der Waals surface area contributed by atoms with Crippen molar-refractivity contribution in [2.24, 2.45) is 5.41 Å². The van der Waals surface area contributed by atoms with Gasteiger partial charge in [-0.25, -0.2) is 0 Å². The van der Waals surface area contributed by atoms with Crippen LogP contribution in [-0.4, -0.2) is 31.8 Å². The third kappa shape index (κ3) is 6.51. The summed E-state index contributed by atoms with van der Waals surface area (Å²) in [6.45, 7) is 12.1. The second-order valence-electron chi connectivity index (χ2n) is 7.14. The number of hydrogen-bond donors (Lipinski definition) is 4. The van der Waals surface area contributed by atoms with Gasteiger partial charge in [0.25, 0.3) is 0 Å². The van der Waals surface area contributed by atoms with Gasteiger partial charge < -0.3 is 21.5 Å². The van der Waals surface area contributed by atoms with E-state index in [9.17, 15) is 5.11 Å². The Morgan fingerprint density at radius 2 is 1.60 bits per heavy atom. The zero-order chi connectivity index (χ0) is 15.6. The van der Waals surface area contributed by atoms with Gasteiger partial charge >= 0.3 is 0 Å². The average Bonchev–Trinajstić information content (AvgIpc) is 2.08. The maximum absolute atomic E-state index is 9.98. The van der Waals surface area contributed by atoms with E-state index in [4.69, 9.17) is 5.73 Å². The Morgan fingerprint density at radius 1 is 1.05 bits per heavy atom. The van der Waals surface area contributed by atoms with Gasteiger partial charge in [-0.3, -0.25) is 0 Å². The minimum Gasteiger partial charge on any atom is -0.374 e. The summed E-state index contributed by atoms with van der Waals surface area (Å²) in [5.41, 5.74) is 5.47. The summed E-state index contributed by atoms with van der Waals surface area (Å²) in [6.07, 6.45) is -0.167. The smallest absolute Gasteiger partial charge is 0.231 e. The third-order valence-corrected chi connectivity index (χ3v) is 2.24. The van der Waals surface area contributed by atoms with Crippen molar-refractivity contribution in [1.29, 1.82) is 0 Å². The molecule has 0 saturated heterocycles. The van der Waals surface area contributed by atoms with Crippen molar-refractivity contribution in [3.05, 3.63) is 0 Å². The molecule has 7 nitrogen and oxygen atoms in total. The summed E-state index contributed by atoms with van der Waals surface area (Å²) in [5.74, 6) is 0.758. The van der Waals surface area contributed by atoms with Crippen LogP contribution in [0.5, 0.6) is 0 Å². The summed E-state index contributed by atoms with van der Waals surface area (Å²) < 4.78 is 0. The largest absolute Gasteiger partial charge is 0.374 e. The lowest BCUT2D eigenvalue weighted by Crippen LogP contribution is -2.29. The molecule has 7 heteroatoms. The van der Waals surface area contributed by atoms with E-state index >= 15 is 0 Å². The minimum absolute atomic E-state index is 0.00250. The molecule has 0 radical (unpaired) electrons. The normalized spacial score (nSPS) is 13.9. The number of hydrogen-bond acceptors (Lipinski definition) is 7. The van der Waals surface area contributed by atoms with Crippen molar-refractivity contribution in [2.75, 3.05) is 16.4 Å². The van der Waals surface area contributed by atoms with Crippen molar-refractivity contribution in [3.8, 4) is 0 Å². The number of aliphatic hydroxyl groups excluding tert-OH is 1. The molecule has 1 rings (SSSR count). The number of nitrogens with two attached hydrogens (primary N) is 1. The summed E-state index contributed by atoms with van der Waals surface area (Å²) in [7, 11) is 0. The Kier molecular flexibility index (Phi) is 4.75. The molecule has 0 fully saturated rings. The van der Waals surface area contributed by atoms with Gasteiger partial charge in [-0.1, -0.05) is 20.8 Å². The van der Waals surface area contributed by atoms with E-state index in [1.165, 1.54) is 0 Å². The standard InChI is InChI=1S/C13H26N6O/c1-12(2,3)7-8(20)15-10-16-9(14)17-11(18-10)19-13(4,5)6/h8,20H,7H2,1-6H3,(H4,14,15,16,17,18,19). The van der Waals surface area contributed by atoms with Gasteiger partial charge in [0.15, 0.2) is 0 Å². The third-order valence-electron chi connectivity index (χ3n) is 2.24. The SMILES string of the molecule is CC(C)(C)CC(O)Nc1nc(N)nc(NC(C)(C)C)n1. The zero-order valence-corrected chi connectivity index (χ0v) is 13.2. The summed E-state index contributed by atoms with van der Waals surface area (Å²) in [5, 5.41) is 15.9. The number of nitrogens with zero attached hydrogens (tertiary/aromatic N) is 3. The highest BCUT2D eigenvalue weighted by molar-refractivity contribution is 5.41. The highest BCUT2D eigenvalue weighted by Gasteiger charge is 2.18. The van der Waals surface area contributed by atoms with Crippen molar-refractivity contribution in [2.45, 2.75) is 59.7 Å². The first-order valence-electron chi connectivity index (χ1n) is 6.69. The van der Waals surface area contributed by atoms with Crippen LogP contribution >= 0.6 is 0 Å². The van der Waals surface area contributed by atoms with Gasteiger partial charge in [-0.15, -0.1) is 0 Å². The van der Waals surface area contributed by atoms with Crippen LogP contribution in [0, 0.1) is 5.41 Å². The first-order chi connectivity index (χ1) is 8.94. The lowest BCUT2D eigenvalue weighted by atomic mass is 9.91. The van der Waals surface area contributed by atoms with Crippen LogP contribution in [0.3, 0.4) is 0 Å². The molecule has 1 aromatic heterocycles. The summed E-state index contributed by atoms with van der Waals surface area (Å²) in [6, 6.07) is 0. The van der Waals surface area contributed by atoms with Crippen LogP contribution in [0.4, 0.5) is 17.8 Å². The van der Waals surface area contributed by atoms with Crippen molar-refractivity contribution < 1.29 is 5.11 Å². The molecule has 1 atom stereocenters. The van der Waals surface area contributed by atoms with E-state index in [1.54, 1.807) is 0 Å². The molecule has 0 spiro atoms. The number of aromatic nitrogens is 3. The van der Waals surface area contributed by atoms with Gasteiger partial charge in [0.05, 0.1) is 0 Å². The van der Waals surface area contributed by atoms with Crippen molar-refractivity contribution >= 4 is 17.8 Å². The fourth-order valence-electron chi connectivity index (χ4n) is 1.63. The monoisotopic (exact) mass is 282 g/mol. The van der Waals surface area contributed by atoms with Crippen LogP contribution in [0.1, 0.15) is 48.0 Å². The van der Waals surface area contributed by atoms with E-state index in [0.717, 1.165) is 0 Å². The number of rotatable bonds is 4. The van der Waals surface area contributed by atoms with Crippen molar-refractivity contribution in [3.63, 3.8) is 0 Å². The van der Waals surface area contributed by atoms with Crippen LogP contribution in [0.25, 0.3) is 0 Å². The van der Waals surface area contributed by atoms with Gasteiger partial charge in [0.1, 0.15) is 6.23 Å². The molecule has 0 saturated carbocycles. The van der Waals surface area contributed by atoms with Gasteiger partial charge in [-0.2, -0.15) is 15.0 Å². The molecule has 0 aliphatic heterocycles. The number of nitrogen functional groups attached to an aromatic ring is 1. The number of anilines is 3. The fraction of sp³-hybridized carbons (Fsp3) is 0.769. The summed E-state index contributed by atoms with van der Waals surface area (Å²) >= 11 is 0. The van der Waals surface area contributed by atoms with E-state index in [-0.39, 0.29) is 22.9 Å². The molecule has 20 heavy (non-hydrogen) atoms. The Morgan fingerprint density at radius 3 is 2.10 bits per heavy atom. The van der Waals surface area contributed by atoms with Gasteiger partial charge in [-0.05, 0) is 32.6 Å². The molecule has 0 bridgehead atoms. The molecule has 1 unspecified atom stereocenters. The first-order valence-corrected chi connectivity index (χ1v) is 6.69. The quantitative estimate of drug-likeness (QED) is 0.624. The first kappa shape index (κ1) is 16.4. The fourth-order valence-corrected chi connectivity index (χ4v) is 1.63. The number of aliphatic hydroxyl groups is 1. The van der Waals surface area contributed by atoms with E-state index in [0.29, 0.717) is 12.4 Å². The Labute approximate surface area is 120 Å². The Balaban J connectivity index is 2.80. The molecule has 0 aromatic carbocycles. The molecule has 0 aliphatic carbocycles. The maximum atomic E-state index is 9.98. The summed E-state index contributed by atoms with van der Waals surface area (Å²) in [4.78, 5) is 12.2. The lowest BCUT2D eigenvalue weighted by molar-refractivity contribution is 0.144. The lowest BCUT2D eigenvalue weighted by Gasteiger charge is -2.23. The second kappa shape index (κ2) is 5.78. The topological polar surface area (TPSA) is 109 Å². The van der Waals surface area contributed by atoms with Crippen LogP contribution < -0.4 is 16.4 Å². The Hall–Kier alpha value is -1.63. The predicted molar refractivity (Wildman–Crippen MR) is 81.3 cm³/mol. The molecule has 0 amide bonds. The zero-order valence-electron chi connectivity index (χ0n) is 13.2. The van der Waals surface area contributed by atoms with Crippen LogP contribution in [-0.2, 0) is 0 Å². The predicted octanol–water partition coefficient (Wildman–Crippen LogP) is 1.83. The minimum atomic E-state index is -0.737. The highest BCUT2D eigenvalue weighted by Crippen LogP contribution is 2.21.